The van der Waals surface area contributed by atoms with E-state index in [1.165, 1.54) is 0 Å². The van der Waals surface area contributed by atoms with Gasteiger partial charge in [-0.2, -0.15) is 0 Å². The Morgan fingerprint density at radius 1 is 0.980 bits per heavy atom. The van der Waals surface area contributed by atoms with E-state index in [2.05, 4.69) is 13.2 Å². The lowest BCUT2D eigenvalue weighted by molar-refractivity contribution is -0.150. The molecule has 3 fully saturated rings. The molecule has 3 saturated heterocycles. The molecule has 2 aromatic rings. The summed E-state index contributed by atoms with van der Waals surface area (Å²) >= 11 is 0. The van der Waals surface area contributed by atoms with E-state index in [1.807, 2.05) is 52.0 Å². The van der Waals surface area contributed by atoms with Crippen molar-refractivity contribution in [3.63, 3.8) is 0 Å². The molecule has 3 aliphatic rings. The molecule has 0 aliphatic carbocycles. The van der Waals surface area contributed by atoms with Crippen molar-refractivity contribution in [2.45, 2.75) is 76.7 Å². The molecule has 1 N–H and O–H groups in total. The van der Waals surface area contributed by atoms with E-state index in [9.17, 15) is 9.90 Å². The lowest BCUT2D eigenvalue weighted by Crippen LogP contribution is -2.60. The van der Waals surface area contributed by atoms with Crippen LogP contribution in [0.5, 0.6) is 11.5 Å². The van der Waals surface area contributed by atoms with Gasteiger partial charge >= 0.3 is 0 Å². The number of ether oxygens (including phenoxy) is 3. The Morgan fingerprint density at radius 2 is 1.55 bits per heavy atom. The van der Waals surface area contributed by atoms with E-state index in [1.54, 1.807) is 58.2 Å². The largest absolute Gasteiger partial charge is 0.497 e. The van der Waals surface area contributed by atoms with Crippen LogP contribution in [0.25, 0.3) is 0 Å². The highest BCUT2D eigenvalue weighted by Gasteiger charge is 2.79. The molecule has 2 bridgehead atoms. The number of fused-ring (bicyclic) bond motifs is 1. The molecular formula is C39H51N3O7. The van der Waals surface area contributed by atoms with Gasteiger partial charge in [0.2, 0.25) is 11.8 Å². The van der Waals surface area contributed by atoms with E-state index in [0.717, 1.165) is 0 Å². The molecule has 2 aromatic carbocycles. The van der Waals surface area contributed by atoms with Gasteiger partial charge in [-0.3, -0.25) is 14.4 Å². The van der Waals surface area contributed by atoms with Gasteiger partial charge in [-0.1, -0.05) is 39.3 Å². The summed E-state index contributed by atoms with van der Waals surface area (Å²) in [6.45, 7) is 16.3. The van der Waals surface area contributed by atoms with Crippen LogP contribution >= 0.6 is 0 Å². The zero-order chi connectivity index (χ0) is 35.5. The van der Waals surface area contributed by atoms with Gasteiger partial charge in [-0.05, 0) is 80.6 Å². The van der Waals surface area contributed by atoms with Crippen molar-refractivity contribution in [3.8, 4) is 11.5 Å². The second kappa shape index (κ2) is 14.8. The number of likely N-dealkylation sites (tertiary alicyclic amines) is 1. The average molecular weight is 674 g/mol. The van der Waals surface area contributed by atoms with Crippen LogP contribution in [0.3, 0.4) is 0 Å². The first-order valence-electron chi connectivity index (χ1n) is 17.5. The monoisotopic (exact) mass is 673 g/mol. The normalized spacial score (nSPS) is 26.5. The fourth-order valence-corrected chi connectivity index (χ4v) is 8.35. The quantitative estimate of drug-likeness (QED) is 0.238. The Bertz CT molecular complexity index is 1530. The lowest BCUT2D eigenvalue weighted by atomic mass is 9.64. The summed E-state index contributed by atoms with van der Waals surface area (Å²) in [5.74, 6) is -1.48. The van der Waals surface area contributed by atoms with Crippen molar-refractivity contribution >= 4 is 29.1 Å². The fraction of sp³-hybridized carbons (Fsp3) is 0.513. The number of hydrogen-bond donors (Lipinski definition) is 1. The van der Waals surface area contributed by atoms with E-state index < -0.39 is 35.1 Å². The molecule has 0 aromatic heterocycles. The summed E-state index contributed by atoms with van der Waals surface area (Å²) in [6, 6.07) is 12.7. The summed E-state index contributed by atoms with van der Waals surface area (Å²) in [5, 5.41) is 10.8. The second-order valence-corrected chi connectivity index (χ2v) is 13.3. The number of hydrogen-bond acceptors (Lipinski definition) is 7. The number of benzene rings is 2. The summed E-state index contributed by atoms with van der Waals surface area (Å²) < 4.78 is 18.1. The van der Waals surface area contributed by atoms with Crippen molar-refractivity contribution in [3.05, 3.63) is 73.8 Å². The van der Waals surface area contributed by atoms with Gasteiger partial charge in [-0.25, -0.2) is 0 Å². The highest BCUT2D eigenvalue weighted by molar-refractivity contribution is 6.07. The minimum Gasteiger partial charge on any atom is -0.497 e. The van der Waals surface area contributed by atoms with Crippen molar-refractivity contribution in [1.82, 2.24) is 4.90 Å². The highest BCUT2D eigenvalue weighted by atomic mass is 16.5. The van der Waals surface area contributed by atoms with Crippen LogP contribution in [0.4, 0.5) is 11.4 Å². The Hall–Kier alpha value is -4.15. The minimum absolute atomic E-state index is 0.124. The predicted molar refractivity (Wildman–Crippen MR) is 190 cm³/mol. The molecule has 5 rings (SSSR count). The zero-order valence-corrected chi connectivity index (χ0v) is 29.5. The van der Waals surface area contributed by atoms with Gasteiger partial charge in [0.05, 0.1) is 43.8 Å². The van der Waals surface area contributed by atoms with Crippen LogP contribution in [-0.2, 0) is 19.1 Å². The number of nitrogens with zero attached hydrogens (tertiary/aromatic N) is 3. The van der Waals surface area contributed by atoms with Crippen LogP contribution in [0.1, 0.15) is 53.4 Å². The number of amides is 3. The first kappa shape index (κ1) is 36.1. The van der Waals surface area contributed by atoms with E-state index in [-0.39, 0.29) is 43.3 Å². The molecule has 0 radical (unpaired) electrons. The zero-order valence-electron chi connectivity index (χ0n) is 29.5. The lowest BCUT2D eigenvalue weighted by Gasteiger charge is -2.41. The number of rotatable bonds is 16. The summed E-state index contributed by atoms with van der Waals surface area (Å²) in [6.07, 6.45) is 5.43. The van der Waals surface area contributed by atoms with Gasteiger partial charge in [0, 0.05) is 24.5 Å². The smallest absolute Gasteiger partial charge is 0.253 e. The van der Waals surface area contributed by atoms with Gasteiger partial charge < -0.3 is 34.0 Å². The molecule has 7 atom stereocenters. The van der Waals surface area contributed by atoms with Gasteiger partial charge in [0.1, 0.15) is 23.1 Å². The molecule has 1 spiro atoms. The summed E-state index contributed by atoms with van der Waals surface area (Å²) in [5.41, 5.74) is -0.951. The molecule has 10 nitrogen and oxygen atoms in total. The van der Waals surface area contributed by atoms with Crippen LogP contribution in [0, 0.1) is 17.8 Å². The number of aliphatic hydroxyl groups is 1. The third kappa shape index (κ3) is 6.03. The molecule has 3 aliphatic heterocycles. The summed E-state index contributed by atoms with van der Waals surface area (Å²) in [7, 11) is 1.58. The van der Waals surface area contributed by atoms with Crippen LogP contribution < -0.4 is 19.3 Å². The Labute approximate surface area is 290 Å². The number of anilines is 2. The Kier molecular flexibility index (Phi) is 10.9. The standard InChI is InChI=1S/C39H51N3O7/c1-8-23-40(27-15-19-30(20-16-27)48-12-5)35(44)32-33-36(45)42(31(25-43)26(6)10-3)34(39(33)22-21-38(32,11-4)49-39)37(46)41(24-9-2)28-13-17-29(47-7)18-14-28/h8-9,13-20,26,31-34,43H,1-2,10-12,21-25H2,3-7H3/t26-,31-,32+,33-,34?,38-,39?/m0/s1. The molecule has 2 unspecified atom stereocenters. The number of carbonyl (C=O) groups excluding carboxylic acids is 3. The van der Waals surface area contributed by atoms with E-state index in [0.29, 0.717) is 55.2 Å². The van der Waals surface area contributed by atoms with Crippen molar-refractivity contribution < 1.29 is 33.7 Å². The molecule has 264 valence electrons. The average Bonchev–Trinajstić information content (AvgIpc) is 3.73. The fourth-order valence-electron chi connectivity index (χ4n) is 8.35. The molecular weight excluding hydrogens is 622 g/mol. The molecule has 3 heterocycles. The number of methoxy groups -OCH3 is 1. The Balaban J connectivity index is 1.64. The molecule has 10 heteroatoms. The van der Waals surface area contributed by atoms with Crippen LogP contribution in [0.15, 0.2) is 73.8 Å². The topological polar surface area (TPSA) is 109 Å². The minimum atomic E-state index is -1.27. The van der Waals surface area contributed by atoms with Gasteiger partial charge in [0.15, 0.2) is 0 Å². The van der Waals surface area contributed by atoms with Crippen molar-refractivity contribution in [1.29, 1.82) is 0 Å². The maximum Gasteiger partial charge on any atom is 0.253 e. The molecule has 3 amide bonds. The predicted octanol–water partition coefficient (Wildman–Crippen LogP) is 5.39. The first-order valence-corrected chi connectivity index (χ1v) is 17.5. The Morgan fingerprint density at radius 3 is 2.04 bits per heavy atom. The van der Waals surface area contributed by atoms with E-state index >= 15 is 9.59 Å². The first-order chi connectivity index (χ1) is 23.6. The SMILES string of the molecule is C=CCN(C(=O)C1N([C@@H](CO)[C@@H](C)CC)C(=O)[C@@H]2[C@H](C(=O)N(CC=C)c3ccc(OCC)cc3)[C@]3(CC)CCC12O3)c1ccc(OC)cc1. The number of carbonyl (C=O) groups is 3. The summed E-state index contributed by atoms with van der Waals surface area (Å²) in [4.78, 5) is 49.9. The van der Waals surface area contributed by atoms with Crippen LogP contribution in [-0.4, -0.2) is 84.4 Å². The van der Waals surface area contributed by atoms with Crippen LogP contribution in [0.2, 0.25) is 0 Å². The second-order valence-electron chi connectivity index (χ2n) is 13.3. The molecule has 49 heavy (non-hydrogen) atoms. The number of aliphatic hydroxyl groups excluding tert-OH is 1. The maximum atomic E-state index is 15.1. The molecule has 0 saturated carbocycles. The third-order valence-corrected chi connectivity index (χ3v) is 11.0. The van der Waals surface area contributed by atoms with E-state index in [4.69, 9.17) is 14.2 Å². The van der Waals surface area contributed by atoms with Crippen molar-refractivity contribution in [2.75, 3.05) is 43.2 Å². The van der Waals surface area contributed by atoms with Gasteiger partial charge in [0.25, 0.3) is 5.91 Å². The maximum absolute atomic E-state index is 15.1. The van der Waals surface area contributed by atoms with Crippen molar-refractivity contribution in [2.24, 2.45) is 17.8 Å². The van der Waals surface area contributed by atoms with Gasteiger partial charge in [-0.15, -0.1) is 13.2 Å². The highest BCUT2D eigenvalue weighted by Crippen LogP contribution is 2.65. The third-order valence-electron chi connectivity index (χ3n) is 11.0.